The van der Waals surface area contributed by atoms with Crippen LogP contribution < -0.4 is 16.7 Å². The zero-order valence-electron chi connectivity index (χ0n) is 14.7. The molecule has 0 radical (unpaired) electrons. The molecule has 0 saturated heterocycles. The minimum atomic E-state index is -0.518. The number of anilines is 1. The average molecular weight is 356 g/mol. The Morgan fingerprint density at radius 3 is 2.65 bits per heavy atom. The third-order valence-corrected chi connectivity index (χ3v) is 3.83. The van der Waals surface area contributed by atoms with Crippen molar-refractivity contribution in [2.45, 2.75) is 20.4 Å². The number of hydrazone groups is 1. The Balaban J connectivity index is 2.02. The Kier molecular flexibility index (Phi) is 4.61. The van der Waals surface area contributed by atoms with Gasteiger partial charge in [0.2, 0.25) is 5.95 Å². The molecule has 1 aromatic carbocycles. The first-order valence-corrected chi connectivity index (χ1v) is 8.14. The predicted molar refractivity (Wildman–Crippen MR) is 99.8 cm³/mol. The van der Waals surface area contributed by atoms with Crippen LogP contribution in [-0.2, 0) is 13.6 Å². The second-order valence-electron chi connectivity index (χ2n) is 6.39. The zero-order chi connectivity index (χ0) is 18.8. The summed E-state index contributed by atoms with van der Waals surface area (Å²) in [7, 11) is 1.55. The summed E-state index contributed by atoms with van der Waals surface area (Å²) in [5.41, 5.74) is 3.24. The number of H-pyrrole nitrogens is 1. The third kappa shape index (κ3) is 3.37. The SMILES string of the molecule is CC(C)Cn1c(N/N=C\c2ccc(O)cc2)nc2c1c(=O)[nH]c(=O)n2C. The van der Waals surface area contributed by atoms with Crippen LogP contribution in [0, 0.1) is 5.92 Å². The summed E-state index contributed by atoms with van der Waals surface area (Å²) in [5, 5.41) is 13.4. The van der Waals surface area contributed by atoms with Gasteiger partial charge in [-0.05, 0) is 35.7 Å². The van der Waals surface area contributed by atoms with E-state index in [1.54, 1.807) is 42.1 Å². The number of aryl methyl sites for hydroxylation is 1. The molecule has 0 bridgehead atoms. The summed E-state index contributed by atoms with van der Waals surface area (Å²) < 4.78 is 3.01. The van der Waals surface area contributed by atoms with Crippen LogP contribution in [0.4, 0.5) is 5.95 Å². The lowest BCUT2D eigenvalue weighted by Gasteiger charge is -2.10. The monoisotopic (exact) mass is 356 g/mol. The number of imidazole rings is 1. The van der Waals surface area contributed by atoms with E-state index in [2.05, 4.69) is 20.5 Å². The number of fused-ring (bicyclic) bond motifs is 1. The molecule has 3 rings (SSSR count). The Hall–Kier alpha value is -3.36. The fourth-order valence-electron chi connectivity index (χ4n) is 2.59. The van der Waals surface area contributed by atoms with E-state index in [0.717, 1.165) is 5.56 Å². The second-order valence-corrected chi connectivity index (χ2v) is 6.39. The Labute approximate surface area is 148 Å². The molecule has 0 amide bonds. The van der Waals surface area contributed by atoms with Crippen molar-refractivity contribution in [3.63, 3.8) is 0 Å². The van der Waals surface area contributed by atoms with Crippen LogP contribution in [0.5, 0.6) is 5.75 Å². The van der Waals surface area contributed by atoms with E-state index in [9.17, 15) is 14.7 Å². The van der Waals surface area contributed by atoms with Crippen molar-refractivity contribution in [3.8, 4) is 5.75 Å². The van der Waals surface area contributed by atoms with Gasteiger partial charge in [0.1, 0.15) is 5.75 Å². The van der Waals surface area contributed by atoms with Crippen molar-refractivity contribution in [2.75, 3.05) is 5.43 Å². The molecule has 0 aliphatic heterocycles. The predicted octanol–water partition coefficient (Wildman–Crippen LogP) is 1.23. The fraction of sp³-hybridized carbons (Fsp3) is 0.294. The number of aromatic nitrogens is 4. The average Bonchev–Trinajstić information content (AvgIpc) is 2.93. The number of phenolic OH excluding ortho intramolecular Hbond substituents is 1. The van der Waals surface area contributed by atoms with Crippen LogP contribution in [-0.4, -0.2) is 30.4 Å². The highest BCUT2D eigenvalue weighted by molar-refractivity contribution is 5.80. The lowest BCUT2D eigenvalue weighted by atomic mass is 10.2. The van der Waals surface area contributed by atoms with Crippen LogP contribution >= 0.6 is 0 Å². The molecule has 9 nitrogen and oxygen atoms in total. The molecule has 0 unspecified atom stereocenters. The molecule has 0 spiro atoms. The Bertz CT molecular complexity index is 1070. The van der Waals surface area contributed by atoms with Crippen molar-refractivity contribution in [1.29, 1.82) is 0 Å². The summed E-state index contributed by atoms with van der Waals surface area (Å²) in [6.45, 7) is 4.58. The number of phenols is 1. The first kappa shape index (κ1) is 17.5. The minimum absolute atomic E-state index is 0.175. The third-order valence-electron chi connectivity index (χ3n) is 3.83. The lowest BCUT2D eigenvalue weighted by molar-refractivity contribution is 0.475. The van der Waals surface area contributed by atoms with E-state index in [1.807, 2.05) is 13.8 Å². The van der Waals surface area contributed by atoms with E-state index in [0.29, 0.717) is 23.7 Å². The maximum absolute atomic E-state index is 12.3. The second kappa shape index (κ2) is 6.87. The van der Waals surface area contributed by atoms with Gasteiger partial charge in [-0.25, -0.2) is 10.2 Å². The molecule has 3 aromatic rings. The molecule has 0 aliphatic carbocycles. The van der Waals surface area contributed by atoms with Gasteiger partial charge in [0, 0.05) is 13.6 Å². The topological polar surface area (TPSA) is 117 Å². The number of aromatic amines is 1. The van der Waals surface area contributed by atoms with Gasteiger partial charge in [-0.2, -0.15) is 10.1 Å². The quantitative estimate of drug-likeness (QED) is 0.469. The van der Waals surface area contributed by atoms with Gasteiger partial charge >= 0.3 is 5.69 Å². The normalized spacial score (nSPS) is 11.7. The van der Waals surface area contributed by atoms with E-state index >= 15 is 0 Å². The van der Waals surface area contributed by atoms with Crippen molar-refractivity contribution < 1.29 is 5.11 Å². The molecule has 0 saturated carbocycles. The molecular formula is C17H20N6O3. The number of nitrogens with one attached hydrogen (secondary N) is 2. The number of aromatic hydroxyl groups is 1. The molecule has 136 valence electrons. The van der Waals surface area contributed by atoms with Crippen LogP contribution in [0.15, 0.2) is 39.0 Å². The van der Waals surface area contributed by atoms with Gasteiger partial charge in [0.05, 0.1) is 6.21 Å². The minimum Gasteiger partial charge on any atom is -0.508 e. The Morgan fingerprint density at radius 1 is 1.31 bits per heavy atom. The molecule has 2 aromatic heterocycles. The van der Waals surface area contributed by atoms with Gasteiger partial charge in [-0.1, -0.05) is 13.8 Å². The maximum atomic E-state index is 12.3. The summed E-state index contributed by atoms with van der Waals surface area (Å²) in [6.07, 6.45) is 1.57. The summed E-state index contributed by atoms with van der Waals surface area (Å²) in [5.74, 6) is 0.801. The standard InChI is InChI=1S/C17H20N6O3/c1-10(2)9-23-13-14(22(3)17(26)20-15(13)25)19-16(23)21-18-8-11-4-6-12(24)7-5-11/h4-8,10,24H,9H2,1-3H3,(H,19,21)(H,20,25,26)/b18-8-. The molecule has 26 heavy (non-hydrogen) atoms. The molecule has 0 aliphatic rings. The maximum Gasteiger partial charge on any atom is 0.329 e. The van der Waals surface area contributed by atoms with Crippen LogP contribution in [0.25, 0.3) is 11.2 Å². The van der Waals surface area contributed by atoms with Crippen molar-refractivity contribution in [3.05, 3.63) is 50.7 Å². The number of nitrogens with zero attached hydrogens (tertiary/aromatic N) is 4. The van der Waals surface area contributed by atoms with E-state index in [-0.39, 0.29) is 11.7 Å². The van der Waals surface area contributed by atoms with Gasteiger partial charge in [0.25, 0.3) is 5.56 Å². The summed E-state index contributed by atoms with van der Waals surface area (Å²) >= 11 is 0. The van der Waals surface area contributed by atoms with Gasteiger partial charge in [-0.3, -0.25) is 14.3 Å². The van der Waals surface area contributed by atoms with Crippen LogP contribution in [0.1, 0.15) is 19.4 Å². The fourth-order valence-corrected chi connectivity index (χ4v) is 2.59. The number of rotatable bonds is 5. The highest BCUT2D eigenvalue weighted by Gasteiger charge is 2.17. The van der Waals surface area contributed by atoms with Gasteiger partial charge in [0.15, 0.2) is 11.2 Å². The highest BCUT2D eigenvalue weighted by Crippen LogP contribution is 2.17. The van der Waals surface area contributed by atoms with E-state index in [1.165, 1.54) is 4.57 Å². The van der Waals surface area contributed by atoms with Crippen LogP contribution in [0.3, 0.4) is 0 Å². The number of hydrogen-bond donors (Lipinski definition) is 3. The van der Waals surface area contributed by atoms with Gasteiger partial charge in [-0.15, -0.1) is 0 Å². The molecule has 0 atom stereocenters. The first-order valence-electron chi connectivity index (χ1n) is 8.14. The first-order chi connectivity index (χ1) is 12.4. The summed E-state index contributed by atoms with van der Waals surface area (Å²) in [4.78, 5) is 30.8. The van der Waals surface area contributed by atoms with Crippen molar-refractivity contribution in [1.82, 2.24) is 19.1 Å². The molecule has 2 heterocycles. The number of benzene rings is 1. The largest absolute Gasteiger partial charge is 0.508 e. The van der Waals surface area contributed by atoms with E-state index in [4.69, 9.17) is 0 Å². The zero-order valence-corrected chi connectivity index (χ0v) is 14.7. The lowest BCUT2D eigenvalue weighted by Crippen LogP contribution is -2.29. The molecular weight excluding hydrogens is 336 g/mol. The van der Waals surface area contributed by atoms with Crippen molar-refractivity contribution in [2.24, 2.45) is 18.1 Å². The van der Waals surface area contributed by atoms with E-state index < -0.39 is 11.2 Å². The molecule has 3 N–H and O–H groups in total. The van der Waals surface area contributed by atoms with Gasteiger partial charge < -0.3 is 9.67 Å². The summed E-state index contributed by atoms with van der Waals surface area (Å²) in [6, 6.07) is 6.55. The Morgan fingerprint density at radius 2 is 2.00 bits per heavy atom. The van der Waals surface area contributed by atoms with Crippen molar-refractivity contribution >= 4 is 23.3 Å². The number of hydrogen-bond acceptors (Lipinski definition) is 6. The highest BCUT2D eigenvalue weighted by atomic mass is 16.3. The molecule has 9 heteroatoms. The van der Waals surface area contributed by atoms with Crippen LogP contribution in [0.2, 0.25) is 0 Å². The molecule has 0 fully saturated rings. The smallest absolute Gasteiger partial charge is 0.329 e.